The van der Waals surface area contributed by atoms with Crippen molar-refractivity contribution in [3.05, 3.63) is 54.0 Å². The number of rotatable bonds is 6. The number of aromatic nitrogens is 3. The van der Waals surface area contributed by atoms with E-state index in [-0.39, 0.29) is 11.0 Å². The minimum atomic E-state index is -0.100. The van der Waals surface area contributed by atoms with E-state index < -0.39 is 0 Å². The number of methoxy groups -OCH3 is 1. The minimum absolute atomic E-state index is 0.100. The highest BCUT2D eigenvalue weighted by atomic mass is 16.5. The van der Waals surface area contributed by atoms with Gasteiger partial charge in [-0.05, 0) is 50.0 Å². The van der Waals surface area contributed by atoms with E-state index in [2.05, 4.69) is 44.9 Å². The summed E-state index contributed by atoms with van der Waals surface area (Å²) in [4.78, 5) is 9.13. The molecule has 3 rings (SSSR count). The molecule has 5 nitrogen and oxygen atoms in total. The fourth-order valence-electron chi connectivity index (χ4n) is 3.81. The summed E-state index contributed by atoms with van der Waals surface area (Å²) in [5, 5.41) is 3.71. The maximum atomic E-state index is 5.45. The van der Waals surface area contributed by atoms with Crippen LogP contribution in [-0.2, 0) is 0 Å². The lowest BCUT2D eigenvalue weighted by atomic mass is 9.82. The molecule has 0 atom stereocenters. The molecule has 0 bridgehead atoms. The molecule has 0 radical (unpaired) electrons. The Morgan fingerprint density at radius 2 is 1.82 bits per heavy atom. The number of hydrogen-bond donors (Lipinski definition) is 1. The van der Waals surface area contributed by atoms with Crippen molar-refractivity contribution in [3.8, 4) is 5.75 Å². The summed E-state index contributed by atoms with van der Waals surface area (Å²) in [6.45, 7) is 11.2. The van der Waals surface area contributed by atoms with Crippen molar-refractivity contribution in [1.82, 2.24) is 14.4 Å². The Bertz CT molecular complexity index is 980. The van der Waals surface area contributed by atoms with Gasteiger partial charge in [-0.2, -0.15) is 0 Å². The second-order valence-corrected chi connectivity index (χ2v) is 8.96. The molecule has 2 heterocycles. The summed E-state index contributed by atoms with van der Waals surface area (Å²) in [7, 11) is 1.68. The van der Waals surface area contributed by atoms with E-state index in [1.807, 2.05) is 53.1 Å². The van der Waals surface area contributed by atoms with Gasteiger partial charge in [0.1, 0.15) is 17.3 Å². The van der Waals surface area contributed by atoms with Crippen LogP contribution in [0.5, 0.6) is 5.75 Å². The highest BCUT2D eigenvalue weighted by molar-refractivity contribution is 5.77. The second kappa shape index (κ2) is 7.66. The summed E-state index contributed by atoms with van der Waals surface area (Å²) < 4.78 is 7.46. The first kappa shape index (κ1) is 19.9. The Hall–Kier alpha value is -2.82. The predicted octanol–water partition coefficient (Wildman–Crippen LogP) is 5.54. The zero-order valence-corrected chi connectivity index (χ0v) is 17.7. The molecule has 148 valence electrons. The van der Waals surface area contributed by atoms with Gasteiger partial charge in [0, 0.05) is 23.5 Å². The monoisotopic (exact) mass is 378 g/mol. The van der Waals surface area contributed by atoms with Crippen LogP contribution in [0.2, 0.25) is 0 Å². The van der Waals surface area contributed by atoms with E-state index in [1.165, 1.54) is 0 Å². The average molecular weight is 379 g/mol. The van der Waals surface area contributed by atoms with Crippen molar-refractivity contribution in [3.63, 3.8) is 0 Å². The van der Waals surface area contributed by atoms with Gasteiger partial charge in [0.15, 0.2) is 0 Å². The smallest absolute Gasteiger partial charge is 0.235 e. The van der Waals surface area contributed by atoms with Gasteiger partial charge in [0.2, 0.25) is 5.78 Å². The Kier molecular flexibility index (Phi) is 5.45. The van der Waals surface area contributed by atoms with Crippen molar-refractivity contribution in [1.29, 1.82) is 0 Å². The maximum Gasteiger partial charge on any atom is 0.235 e. The summed E-state index contributed by atoms with van der Waals surface area (Å²) in [6.07, 6.45) is 8.82. The lowest BCUT2D eigenvalue weighted by Gasteiger charge is -2.34. The molecule has 2 aromatic heterocycles. The van der Waals surface area contributed by atoms with Gasteiger partial charge in [-0.15, -0.1) is 0 Å². The number of nitrogens with zero attached hydrogens (tertiary/aromatic N) is 3. The molecule has 1 aromatic carbocycles. The molecule has 0 fully saturated rings. The van der Waals surface area contributed by atoms with E-state index in [9.17, 15) is 0 Å². The molecule has 0 aliphatic rings. The SMILES string of the molecule is COc1ccccc1/C=C/c1nc2ncccn2c1NC(C)(C)CC(C)(C)C. The normalized spacial score (nSPS) is 12.6. The zero-order valence-electron chi connectivity index (χ0n) is 17.7. The third kappa shape index (κ3) is 4.71. The lowest BCUT2D eigenvalue weighted by Crippen LogP contribution is -2.36. The van der Waals surface area contributed by atoms with Crippen molar-refractivity contribution < 1.29 is 4.74 Å². The van der Waals surface area contributed by atoms with Crippen molar-refractivity contribution in [2.75, 3.05) is 12.4 Å². The Labute approximate surface area is 167 Å². The highest BCUT2D eigenvalue weighted by Gasteiger charge is 2.27. The molecule has 0 saturated carbocycles. The van der Waals surface area contributed by atoms with Crippen LogP contribution < -0.4 is 10.1 Å². The van der Waals surface area contributed by atoms with Gasteiger partial charge in [-0.3, -0.25) is 4.40 Å². The number of para-hydroxylation sites is 1. The Balaban J connectivity index is 2.01. The van der Waals surface area contributed by atoms with Gasteiger partial charge in [0.25, 0.3) is 0 Å². The summed E-state index contributed by atoms with van der Waals surface area (Å²) in [5.74, 6) is 2.46. The topological polar surface area (TPSA) is 51.5 Å². The van der Waals surface area contributed by atoms with Crippen molar-refractivity contribution in [2.24, 2.45) is 5.41 Å². The fourth-order valence-corrected chi connectivity index (χ4v) is 3.81. The molecule has 0 aliphatic carbocycles. The molecule has 0 saturated heterocycles. The molecule has 0 unspecified atom stereocenters. The van der Waals surface area contributed by atoms with Gasteiger partial charge < -0.3 is 10.1 Å². The van der Waals surface area contributed by atoms with Crippen LogP contribution in [0.25, 0.3) is 17.9 Å². The summed E-state index contributed by atoms with van der Waals surface area (Å²) in [5.41, 5.74) is 1.97. The summed E-state index contributed by atoms with van der Waals surface area (Å²) in [6, 6.07) is 9.87. The molecule has 28 heavy (non-hydrogen) atoms. The van der Waals surface area contributed by atoms with Gasteiger partial charge in [-0.1, -0.05) is 39.0 Å². The van der Waals surface area contributed by atoms with E-state index in [1.54, 1.807) is 13.3 Å². The number of ether oxygens (including phenoxy) is 1. The Morgan fingerprint density at radius 3 is 2.54 bits per heavy atom. The molecule has 5 heteroatoms. The average Bonchev–Trinajstić information content (AvgIpc) is 2.95. The molecular formula is C23H30N4O. The summed E-state index contributed by atoms with van der Waals surface area (Å²) >= 11 is 0. The van der Waals surface area contributed by atoms with Crippen molar-refractivity contribution >= 4 is 23.7 Å². The third-order valence-electron chi connectivity index (χ3n) is 4.42. The molecule has 3 aromatic rings. The van der Waals surface area contributed by atoms with Crippen LogP contribution in [0.15, 0.2) is 42.7 Å². The van der Waals surface area contributed by atoms with E-state index in [4.69, 9.17) is 9.72 Å². The van der Waals surface area contributed by atoms with Crippen LogP contribution in [-0.4, -0.2) is 27.0 Å². The fraction of sp³-hybridized carbons (Fsp3) is 0.391. The van der Waals surface area contributed by atoms with Crippen LogP contribution in [0, 0.1) is 5.41 Å². The minimum Gasteiger partial charge on any atom is -0.496 e. The number of anilines is 1. The predicted molar refractivity (Wildman–Crippen MR) is 117 cm³/mol. The molecule has 0 aliphatic heterocycles. The van der Waals surface area contributed by atoms with Crippen LogP contribution in [0.4, 0.5) is 5.82 Å². The zero-order chi connectivity index (χ0) is 20.4. The molecule has 0 spiro atoms. The van der Waals surface area contributed by atoms with Crippen LogP contribution in [0.3, 0.4) is 0 Å². The number of benzene rings is 1. The first-order chi connectivity index (χ1) is 13.2. The number of nitrogens with one attached hydrogen (secondary N) is 1. The number of imidazole rings is 1. The van der Waals surface area contributed by atoms with Crippen LogP contribution in [0.1, 0.15) is 52.3 Å². The standard InChI is InChI=1S/C23H30N4O/c1-22(2,3)16-23(4,5)26-20-18(25-21-24-14-9-15-27(20)21)13-12-17-10-7-8-11-19(17)28-6/h7-15,26H,16H2,1-6H3/b13-12+. The lowest BCUT2D eigenvalue weighted by molar-refractivity contribution is 0.302. The van der Waals surface area contributed by atoms with Gasteiger partial charge in [-0.25, -0.2) is 9.97 Å². The number of fused-ring (bicyclic) bond motifs is 1. The molecule has 1 N–H and O–H groups in total. The van der Waals surface area contributed by atoms with Crippen LogP contribution >= 0.6 is 0 Å². The maximum absolute atomic E-state index is 5.45. The molecular weight excluding hydrogens is 348 g/mol. The quantitative estimate of drug-likeness (QED) is 0.612. The third-order valence-corrected chi connectivity index (χ3v) is 4.42. The van der Waals surface area contributed by atoms with Gasteiger partial charge in [0.05, 0.1) is 7.11 Å². The van der Waals surface area contributed by atoms with E-state index in [0.29, 0.717) is 5.78 Å². The first-order valence-corrected chi connectivity index (χ1v) is 9.61. The van der Waals surface area contributed by atoms with E-state index in [0.717, 1.165) is 29.2 Å². The molecule has 0 amide bonds. The highest BCUT2D eigenvalue weighted by Crippen LogP contribution is 2.31. The Morgan fingerprint density at radius 1 is 1.07 bits per heavy atom. The second-order valence-electron chi connectivity index (χ2n) is 8.96. The number of hydrogen-bond acceptors (Lipinski definition) is 4. The van der Waals surface area contributed by atoms with E-state index >= 15 is 0 Å². The first-order valence-electron chi connectivity index (χ1n) is 9.61. The van der Waals surface area contributed by atoms with Gasteiger partial charge >= 0.3 is 0 Å². The largest absolute Gasteiger partial charge is 0.496 e. The van der Waals surface area contributed by atoms with Crippen molar-refractivity contribution in [2.45, 2.75) is 46.6 Å².